The molecule has 2 bridgehead atoms. The first kappa shape index (κ1) is 14.6. The fourth-order valence-electron chi connectivity index (χ4n) is 3.15. The van der Waals surface area contributed by atoms with E-state index in [1.165, 1.54) is 11.3 Å². The van der Waals surface area contributed by atoms with E-state index in [0.717, 1.165) is 32.5 Å². The van der Waals surface area contributed by atoms with Crippen LogP contribution in [0.15, 0.2) is 17.5 Å². The average molecular weight is 305 g/mol. The van der Waals surface area contributed by atoms with E-state index in [4.69, 9.17) is 4.74 Å². The van der Waals surface area contributed by atoms with Crippen LogP contribution in [0.3, 0.4) is 0 Å². The van der Waals surface area contributed by atoms with Crippen molar-refractivity contribution in [3.05, 3.63) is 22.4 Å². The van der Waals surface area contributed by atoms with Crippen LogP contribution in [0.2, 0.25) is 0 Å². The van der Waals surface area contributed by atoms with Gasteiger partial charge in [-0.3, -0.25) is 4.90 Å². The normalized spacial score (nSPS) is 30.1. The number of fused-ring (bicyclic) bond motifs is 3. The first-order chi connectivity index (χ1) is 10.1. The molecule has 1 aromatic heterocycles. The molecule has 4 nitrogen and oxygen atoms in total. The molecular weight excluding hydrogens is 286 g/mol. The SMILES string of the molecule is CC#CC(O)(C(=O)OC1CN2CCC1CC2)c1cccs1. The molecule has 1 aromatic rings. The highest BCUT2D eigenvalue weighted by molar-refractivity contribution is 7.10. The Morgan fingerprint density at radius 2 is 2.29 bits per heavy atom. The van der Waals surface area contributed by atoms with Crippen molar-refractivity contribution in [3.63, 3.8) is 0 Å². The van der Waals surface area contributed by atoms with Crippen molar-refractivity contribution in [2.45, 2.75) is 31.5 Å². The Morgan fingerprint density at radius 1 is 1.52 bits per heavy atom. The van der Waals surface area contributed by atoms with Crippen LogP contribution in [0.4, 0.5) is 0 Å². The first-order valence-electron chi connectivity index (χ1n) is 7.27. The second-order valence-electron chi connectivity index (χ2n) is 5.64. The lowest BCUT2D eigenvalue weighted by molar-refractivity contribution is -0.175. The molecule has 0 saturated carbocycles. The standard InChI is InChI=1S/C16H19NO3S/c1-2-7-16(19,14-4-3-10-21-14)15(18)20-13-11-17-8-5-12(13)6-9-17/h3-4,10,12-13,19H,5-6,8-9,11H2,1H3. The average Bonchev–Trinajstić information content (AvgIpc) is 3.03. The predicted molar refractivity (Wildman–Crippen MR) is 80.7 cm³/mol. The van der Waals surface area contributed by atoms with Crippen LogP contribution >= 0.6 is 11.3 Å². The number of hydrogen-bond acceptors (Lipinski definition) is 5. The predicted octanol–water partition coefficient (Wildman–Crippen LogP) is 1.60. The number of carbonyl (C=O) groups excluding carboxylic acids is 1. The van der Waals surface area contributed by atoms with Crippen molar-refractivity contribution >= 4 is 17.3 Å². The maximum Gasteiger partial charge on any atom is 0.357 e. The zero-order valence-corrected chi connectivity index (χ0v) is 12.9. The number of nitrogens with zero attached hydrogens (tertiary/aromatic N) is 1. The number of rotatable bonds is 3. The zero-order chi connectivity index (χ0) is 14.9. The number of thiophene rings is 1. The Balaban J connectivity index is 1.77. The van der Waals surface area contributed by atoms with Crippen molar-refractivity contribution < 1.29 is 14.6 Å². The first-order valence-corrected chi connectivity index (χ1v) is 8.15. The molecule has 21 heavy (non-hydrogen) atoms. The van der Waals surface area contributed by atoms with Crippen LogP contribution in [0, 0.1) is 17.8 Å². The summed E-state index contributed by atoms with van der Waals surface area (Å²) in [6.07, 6.45) is 2.01. The fraction of sp³-hybridized carbons (Fsp3) is 0.562. The number of hydrogen-bond donors (Lipinski definition) is 1. The monoisotopic (exact) mass is 305 g/mol. The summed E-state index contributed by atoms with van der Waals surface area (Å²) in [5.74, 6) is 5.04. The Bertz CT molecular complexity index is 566. The minimum absolute atomic E-state index is 0.120. The molecule has 2 atom stereocenters. The molecule has 3 fully saturated rings. The Morgan fingerprint density at radius 3 is 2.81 bits per heavy atom. The Labute approximate surface area is 128 Å². The van der Waals surface area contributed by atoms with Crippen LogP contribution in [0.25, 0.3) is 0 Å². The molecule has 3 aliphatic heterocycles. The molecule has 5 heteroatoms. The molecule has 3 aliphatic rings. The van der Waals surface area contributed by atoms with Crippen LogP contribution < -0.4 is 0 Å². The van der Waals surface area contributed by atoms with E-state index in [9.17, 15) is 9.90 Å². The van der Waals surface area contributed by atoms with Crippen LogP contribution in [0.5, 0.6) is 0 Å². The second kappa shape index (κ2) is 5.80. The van der Waals surface area contributed by atoms with Crippen molar-refractivity contribution in [2.75, 3.05) is 19.6 Å². The Kier molecular flexibility index (Phi) is 4.03. The van der Waals surface area contributed by atoms with Crippen molar-refractivity contribution in [1.82, 2.24) is 4.90 Å². The van der Waals surface area contributed by atoms with Gasteiger partial charge < -0.3 is 9.84 Å². The van der Waals surface area contributed by atoms with Crippen molar-refractivity contribution in [1.29, 1.82) is 0 Å². The van der Waals surface area contributed by atoms with Gasteiger partial charge in [0.25, 0.3) is 5.60 Å². The minimum atomic E-state index is -1.84. The van der Waals surface area contributed by atoms with E-state index >= 15 is 0 Å². The smallest absolute Gasteiger partial charge is 0.357 e. The van der Waals surface area contributed by atoms with Crippen molar-refractivity contribution in [3.8, 4) is 11.8 Å². The van der Waals surface area contributed by atoms with Crippen LogP contribution in [-0.4, -0.2) is 41.7 Å². The lowest BCUT2D eigenvalue weighted by atomic mass is 9.85. The molecule has 1 N–H and O–H groups in total. The molecule has 0 aliphatic carbocycles. The number of ether oxygens (including phenoxy) is 1. The van der Waals surface area contributed by atoms with Gasteiger partial charge in [-0.05, 0) is 50.2 Å². The second-order valence-corrected chi connectivity index (χ2v) is 6.59. The maximum atomic E-state index is 12.5. The largest absolute Gasteiger partial charge is 0.458 e. The summed E-state index contributed by atoms with van der Waals surface area (Å²) in [7, 11) is 0. The quantitative estimate of drug-likeness (QED) is 0.681. The molecule has 4 heterocycles. The van der Waals surface area contributed by atoms with Crippen LogP contribution in [-0.2, 0) is 15.1 Å². The van der Waals surface area contributed by atoms with Gasteiger partial charge in [0.05, 0.1) is 4.88 Å². The van der Waals surface area contributed by atoms with Gasteiger partial charge in [0.2, 0.25) is 0 Å². The summed E-state index contributed by atoms with van der Waals surface area (Å²) in [6.45, 7) is 4.56. The minimum Gasteiger partial charge on any atom is -0.458 e. The van der Waals surface area contributed by atoms with Gasteiger partial charge in [-0.2, -0.15) is 0 Å². The third-order valence-electron chi connectivity index (χ3n) is 4.33. The lowest BCUT2D eigenvalue weighted by Crippen LogP contribution is -2.53. The number of carbonyl (C=O) groups is 1. The maximum absolute atomic E-state index is 12.5. The van der Waals surface area contributed by atoms with Gasteiger partial charge in [-0.1, -0.05) is 12.0 Å². The van der Waals surface area contributed by atoms with Gasteiger partial charge in [0.15, 0.2) is 0 Å². The third-order valence-corrected chi connectivity index (χ3v) is 5.31. The van der Waals surface area contributed by atoms with Gasteiger partial charge in [0.1, 0.15) is 6.10 Å². The summed E-state index contributed by atoms with van der Waals surface area (Å²) in [5.41, 5.74) is -1.84. The van der Waals surface area contributed by atoms with E-state index < -0.39 is 11.6 Å². The fourth-order valence-corrected chi connectivity index (χ4v) is 3.91. The summed E-state index contributed by atoms with van der Waals surface area (Å²) in [6, 6.07) is 3.51. The highest BCUT2D eigenvalue weighted by Crippen LogP contribution is 2.32. The van der Waals surface area contributed by atoms with Gasteiger partial charge in [0, 0.05) is 6.54 Å². The van der Waals surface area contributed by atoms with E-state index in [1.54, 1.807) is 19.1 Å². The molecule has 4 rings (SSSR count). The van der Waals surface area contributed by atoms with Crippen molar-refractivity contribution in [2.24, 2.45) is 5.92 Å². The molecule has 0 spiro atoms. The molecule has 0 radical (unpaired) electrons. The zero-order valence-electron chi connectivity index (χ0n) is 12.0. The summed E-state index contributed by atoms with van der Waals surface area (Å²) >= 11 is 1.31. The molecule has 3 saturated heterocycles. The third kappa shape index (κ3) is 2.71. The van der Waals surface area contributed by atoms with E-state index in [0.29, 0.717) is 10.8 Å². The highest BCUT2D eigenvalue weighted by Gasteiger charge is 2.43. The van der Waals surface area contributed by atoms with Gasteiger partial charge >= 0.3 is 5.97 Å². The molecule has 0 amide bonds. The van der Waals surface area contributed by atoms with Crippen LogP contribution in [0.1, 0.15) is 24.6 Å². The number of esters is 1. The highest BCUT2D eigenvalue weighted by atomic mass is 32.1. The lowest BCUT2D eigenvalue weighted by Gasteiger charge is -2.44. The molecule has 2 unspecified atom stereocenters. The summed E-state index contributed by atoms with van der Waals surface area (Å²) in [5, 5.41) is 12.5. The van der Waals surface area contributed by atoms with Gasteiger partial charge in [-0.15, -0.1) is 17.3 Å². The summed E-state index contributed by atoms with van der Waals surface area (Å²) in [4.78, 5) is 15.3. The van der Waals surface area contributed by atoms with E-state index in [1.807, 2.05) is 5.38 Å². The molecule has 112 valence electrons. The topological polar surface area (TPSA) is 49.8 Å². The Hall–Kier alpha value is -1.35. The van der Waals surface area contributed by atoms with Gasteiger partial charge in [-0.25, -0.2) is 4.79 Å². The summed E-state index contributed by atoms with van der Waals surface area (Å²) < 4.78 is 5.64. The van der Waals surface area contributed by atoms with E-state index in [-0.39, 0.29) is 6.10 Å². The molecular formula is C16H19NO3S. The molecule has 0 aromatic carbocycles. The number of piperidine rings is 3. The van der Waals surface area contributed by atoms with E-state index in [2.05, 4.69) is 16.7 Å². The number of aliphatic hydroxyl groups is 1.